The summed E-state index contributed by atoms with van der Waals surface area (Å²) in [5.74, 6) is -1.78. The molecule has 20 heavy (non-hydrogen) atoms. The molecule has 104 valence electrons. The molecule has 2 aromatic rings. The van der Waals surface area contributed by atoms with Gasteiger partial charge in [0, 0.05) is 5.56 Å². The second kappa shape index (κ2) is 5.24. The minimum atomic E-state index is -0.916. The number of carbonyl (C=O) groups excluding carboxylic acids is 1. The van der Waals surface area contributed by atoms with Crippen molar-refractivity contribution in [2.75, 3.05) is 6.61 Å². The van der Waals surface area contributed by atoms with E-state index < -0.39 is 17.7 Å². The number of fused-ring (bicyclic) bond motifs is 1. The van der Waals surface area contributed by atoms with E-state index in [4.69, 9.17) is 16.3 Å². The fourth-order valence-corrected chi connectivity index (χ4v) is 3.48. The van der Waals surface area contributed by atoms with Crippen molar-refractivity contribution < 1.29 is 18.3 Å². The lowest BCUT2D eigenvalue weighted by atomic mass is 9.94. The predicted octanol–water partition coefficient (Wildman–Crippen LogP) is 4.15. The van der Waals surface area contributed by atoms with Crippen LogP contribution in [0.1, 0.15) is 32.5 Å². The first-order valence-corrected chi connectivity index (χ1v) is 7.13. The summed E-state index contributed by atoms with van der Waals surface area (Å²) in [5, 5.41) is 0. The molecule has 1 aliphatic heterocycles. The van der Waals surface area contributed by atoms with Crippen molar-refractivity contribution in [3.8, 4) is 0 Å². The lowest BCUT2D eigenvalue weighted by molar-refractivity contribution is 0.0696. The predicted molar refractivity (Wildman–Crippen MR) is 72.6 cm³/mol. The van der Waals surface area contributed by atoms with Gasteiger partial charge in [0.2, 0.25) is 0 Å². The summed E-state index contributed by atoms with van der Waals surface area (Å²) < 4.78 is 32.8. The number of thiophene rings is 1. The van der Waals surface area contributed by atoms with Gasteiger partial charge < -0.3 is 4.74 Å². The van der Waals surface area contributed by atoms with Crippen LogP contribution in [0.3, 0.4) is 0 Å². The first-order chi connectivity index (χ1) is 9.60. The van der Waals surface area contributed by atoms with Crippen molar-refractivity contribution in [1.29, 1.82) is 0 Å². The summed E-state index contributed by atoms with van der Waals surface area (Å²) >= 11 is 7.25. The van der Waals surface area contributed by atoms with Gasteiger partial charge in [-0.3, -0.25) is 4.79 Å². The van der Waals surface area contributed by atoms with Crippen molar-refractivity contribution in [2.24, 2.45) is 0 Å². The second-order valence-corrected chi connectivity index (χ2v) is 6.15. The Labute approximate surface area is 122 Å². The standard InChI is InChI=1S/C14H9ClF2O2S/c15-14-10(4-8(6-18)20-14)13-9-5-12(17)11(16)3-7(9)1-2-19-13/h3-6,13H,1-2H2. The molecule has 0 amide bonds. The average molecular weight is 315 g/mol. The highest BCUT2D eigenvalue weighted by molar-refractivity contribution is 7.17. The van der Waals surface area contributed by atoms with Crippen molar-refractivity contribution >= 4 is 29.2 Å². The van der Waals surface area contributed by atoms with Crippen LogP contribution in [0, 0.1) is 11.6 Å². The molecule has 0 aliphatic carbocycles. The first kappa shape index (κ1) is 13.7. The number of rotatable bonds is 2. The number of carbonyl (C=O) groups is 1. The van der Waals surface area contributed by atoms with Gasteiger partial charge in [0.15, 0.2) is 17.9 Å². The molecule has 1 atom stereocenters. The van der Waals surface area contributed by atoms with Gasteiger partial charge in [-0.15, -0.1) is 11.3 Å². The van der Waals surface area contributed by atoms with E-state index in [1.54, 1.807) is 6.07 Å². The Balaban J connectivity index is 2.11. The molecule has 1 aromatic carbocycles. The van der Waals surface area contributed by atoms with E-state index in [9.17, 15) is 13.6 Å². The normalized spacial score (nSPS) is 17.9. The number of ether oxygens (including phenoxy) is 1. The fraction of sp³-hybridized carbons (Fsp3) is 0.214. The Morgan fingerprint density at radius 2 is 2.00 bits per heavy atom. The third-order valence-electron chi connectivity index (χ3n) is 3.25. The van der Waals surface area contributed by atoms with Crippen LogP contribution in [0.4, 0.5) is 8.78 Å². The van der Waals surface area contributed by atoms with Crippen molar-refractivity contribution in [3.05, 3.63) is 55.7 Å². The lowest BCUT2D eigenvalue weighted by Crippen LogP contribution is -2.18. The minimum Gasteiger partial charge on any atom is -0.368 e. The monoisotopic (exact) mass is 314 g/mol. The molecule has 0 N–H and O–H groups in total. The number of hydrogen-bond acceptors (Lipinski definition) is 3. The summed E-state index contributed by atoms with van der Waals surface area (Å²) in [6.45, 7) is 0.394. The van der Waals surface area contributed by atoms with Crippen LogP contribution in [0.15, 0.2) is 18.2 Å². The van der Waals surface area contributed by atoms with Gasteiger partial charge in [-0.2, -0.15) is 0 Å². The zero-order valence-electron chi connectivity index (χ0n) is 10.2. The van der Waals surface area contributed by atoms with Crippen molar-refractivity contribution in [3.63, 3.8) is 0 Å². The Morgan fingerprint density at radius 1 is 1.25 bits per heavy atom. The largest absolute Gasteiger partial charge is 0.368 e. The molecular weight excluding hydrogens is 306 g/mol. The van der Waals surface area contributed by atoms with Crippen LogP contribution >= 0.6 is 22.9 Å². The molecule has 6 heteroatoms. The topological polar surface area (TPSA) is 26.3 Å². The molecule has 1 unspecified atom stereocenters. The molecular formula is C14H9ClF2O2S. The highest BCUT2D eigenvalue weighted by Crippen LogP contribution is 2.40. The maximum atomic E-state index is 13.5. The molecule has 0 saturated heterocycles. The zero-order valence-corrected chi connectivity index (χ0v) is 11.7. The Morgan fingerprint density at radius 3 is 2.70 bits per heavy atom. The molecule has 0 radical (unpaired) electrons. The molecule has 1 aliphatic rings. The fourth-order valence-electron chi connectivity index (χ4n) is 2.34. The van der Waals surface area contributed by atoms with Gasteiger partial charge in [-0.25, -0.2) is 8.78 Å². The molecule has 2 heterocycles. The summed E-state index contributed by atoms with van der Waals surface area (Å²) in [5.41, 5.74) is 1.88. The summed E-state index contributed by atoms with van der Waals surface area (Å²) in [6.07, 6.45) is 0.659. The van der Waals surface area contributed by atoms with E-state index >= 15 is 0 Å². The van der Waals surface area contributed by atoms with Gasteiger partial charge in [0.25, 0.3) is 0 Å². The van der Waals surface area contributed by atoms with Crippen LogP contribution in [0.5, 0.6) is 0 Å². The van der Waals surface area contributed by atoms with E-state index in [1.807, 2.05) is 0 Å². The molecule has 2 nitrogen and oxygen atoms in total. The molecule has 0 bridgehead atoms. The molecule has 1 aromatic heterocycles. The maximum absolute atomic E-state index is 13.5. The summed E-state index contributed by atoms with van der Waals surface area (Å²) in [7, 11) is 0. The third-order valence-corrected chi connectivity index (χ3v) is 4.57. The van der Waals surface area contributed by atoms with Crippen molar-refractivity contribution in [2.45, 2.75) is 12.5 Å². The SMILES string of the molecule is O=Cc1cc(C2OCCc3cc(F)c(F)cc32)c(Cl)s1. The Hall–Kier alpha value is -1.30. The number of hydrogen-bond donors (Lipinski definition) is 0. The van der Waals surface area contributed by atoms with Crippen LogP contribution in [0.25, 0.3) is 0 Å². The van der Waals surface area contributed by atoms with E-state index in [2.05, 4.69) is 0 Å². The van der Waals surface area contributed by atoms with E-state index in [0.717, 1.165) is 17.4 Å². The smallest absolute Gasteiger partial charge is 0.160 e. The summed E-state index contributed by atoms with van der Waals surface area (Å²) in [4.78, 5) is 11.3. The van der Waals surface area contributed by atoms with Gasteiger partial charge in [0.05, 0.1) is 15.8 Å². The van der Waals surface area contributed by atoms with Gasteiger partial charge in [-0.05, 0) is 35.7 Å². The number of aldehydes is 1. The lowest BCUT2D eigenvalue weighted by Gasteiger charge is -2.26. The van der Waals surface area contributed by atoms with E-state index in [0.29, 0.717) is 45.2 Å². The minimum absolute atomic E-state index is 0.394. The van der Waals surface area contributed by atoms with Gasteiger partial charge in [0.1, 0.15) is 6.10 Å². The maximum Gasteiger partial charge on any atom is 0.160 e. The van der Waals surface area contributed by atoms with Crippen LogP contribution in [0.2, 0.25) is 4.34 Å². The zero-order chi connectivity index (χ0) is 14.3. The van der Waals surface area contributed by atoms with Crippen LogP contribution in [-0.4, -0.2) is 12.9 Å². The molecule has 0 spiro atoms. The highest BCUT2D eigenvalue weighted by Gasteiger charge is 2.27. The van der Waals surface area contributed by atoms with Gasteiger partial charge >= 0.3 is 0 Å². The first-order valence-electron chi connectivity index (χ1n) is 5.94. The quantitative estimate of drug-likeness (QED) is 0.778. The van der Waals surface area contributed by atoms with Gasteiger partial charge in [-0.1, -0.05) is 11.6 Å². The third kappa shape index (κ3) is 2.26. The Kier molecular flexibility index (Phi) is 3.58. The molecule has 0 fully saturated rings. The average Bonchev–Trinajstić information content (AvgIpc) is 2.81. The number of halogens is 3. The van der Waals surface area contributed by atoms with E-state index in [1.165, 1.54) is 6.07 Å². The van der Waals surface area contributed by atoms with Crippen LogP contribution < -0.4 is 0 Å². The van der Waals surface area contributed by atoms with Crippen molar-refractivity contribution in [1.82, 2.24) is 0 Å². The second-order valence-electron chi connectivity index (χ2n) is 4.46. The van der Waals surface area contributed by atoms with E-state index in [-0.39, 0.29) is 0 Å². The molecule has 3 rings (SSSR count). The number of benzene rings is 1. The van der Waals surface area contributed by atoms with Crippen LogP contribution in [-0.2, 0) is 11.2 Å². The Bertz CT molecular complexity index is 684. The molecule has 0 saturated carbocycles. The summed E-state index contributed by atoms with van der Waals surface area (Å²) in [6, 6.07) is 3.96. The highest BCUT2D eigenvalue weighted by atomic mass is 35.5.